The molecule has 3 aromatic heterocycles. The van der Waals surface area contributed by atoms with Gasteiger partial charge >= 0.3 is 0 Å². The first-order chi connectivity index (χ1) is 21.1. The predicted octanol–water partition coefficient (Wildman–Crippen LogP) is 7.16. The number of pyridine rings is 1. The zero-order chi connectivity index (χ0) is 29.2. The van der Waals surface area contributed by atoms with E-state index in [0.29, 0.717) is 12.4 Å². The highest BCUT2D eigenvalue weighted by atomic mass is 19.1. The van der Waals surface area contributed by atoms with Crippen molar-refractivity contribution in [2.24, 2.45) is 0 Å². The SMILES string of the molecule is CCNCc1cncc(-c2ccc3[nH]nc(-c4cc5c(-c6cc(F)cc(OCCN7CCCC7)c6)cccc5[nH]4)c3c2)c1. The minimum atomic E-state index is -0.309. The minimum Gasteiger partial charge on any atom is -0.492 e. The third-order valence-corrected chi connectivity index (χ3v) is 8.25. The summed E-state index contributed by atoms with van der Waals surface area (Å²) in [7, 11) is 0. The number of nitrogens with one attached hydrogen (secondary N) is 3. The highest BCUT2D eigenvalue weighted by Crippen LogP contribution is 2.36. The van der Waals surface area contributed by atoms with Crippen LogP contribution < -0.4 is 10.1 Å². The molecule has 1 saturated heterocycles. The maximum absolute atomic E-state index is 14.8. The number of hydrogen-bond acceptors (Lipinski definition) is 5. The van der Waals surface area contributed by atoms with E-state index in [0.717, 1.165) is 93.7 Å². The maximum atomic E-state index is 14.8. The van der Waals surface area contributed by atoms with E-state index in [9.17, 15) is 4.39 Å². The minimum absolute atomic E-state index is 0.309. The van der Waals surface area contributed by atoms with Gasteiger partial charge in [0.1, 0.15) is 23.9 Å². The fourth-order valence-electron chi connectivity index (χ4n) is 6.05. The van der Waals surface area contributed by atoms with Crippen LogP contribution in [0.3, 0.4) is 0 Å². The summed E-state index contributed by atoms with van der Waals surface area (Å²) < 4.78 is 20.8. The van der Waals surface area contributed by atoms with Crippen LogP contribution in [-0.4, -0.2) is 57.9 Å². The summed E-state index contributed by atoms with van der Waals surface area (Å²) in [6.45, 7) is 7.43. The third kappa shape index (κ3) is 5.76. The number of fused-ring (bicyclic) bond motifs is 2. The van der Waals surface area contributed by atoms with Crippen molar-refractivity contribution in [3.05, 3.63) is 90.5 Å². The van der Waals surface area contributed by atoms with E-state index >= 15 is 0 Å². The second kappa shape index (κ2) is 12.0. The Balaban J connectivity index is 1.20. The van der Waals surface area contributed by atoms with Crippen LogP contribution in [0.2, 0.25) is 0 Å². The second-order valence-electron chi connectivity index (χ2n) is 11.2. The van der Waals surface area contributed by atoms with Crippen LogP contribution in [-0.2, 0) is 6.54 Å². The molecule has 3 aromatic carbocycles. The third-order valence-electron chi connectivity index (χ3n) is 8.25. The van der Waals surface area contributed by atoms with Gasteiger partial charge in [0, 0.05) is 53.4 Å². The largest absolute Gasteiger partial charge is 0.492 e. The molecule has 8 heteroatoms. The summed E-state index contributed by atoms with van der Waals surface area (Å²) in [5.41, 5.74) is 8.65. The van der Waals surface area contributed by atoms with Crippen LogP contribution in [0.15, 0.2) is 79.1 Å². The van der Waals surface area contributed by atoms with Crippen LogP contribution in [0.25, 0.3) is 55.4 Å². The van der Waals surface area contributed by atoms with Crippen LogP contribution in [0, 0.1) is 5.82 Å². The first-order valence-electron chi connectivity index (χ1n) is 15.1. The Morgan fingerprint density at radius 1 is 0.907 bits per heavy atom. The molecule has 1 aliphatic heterocycles. The number of H-pyrrole nitrogens is 2. The Kier molecular flexibility index (Phi) is 7.62. The summed E-state index contributed by atoms with van der Waals surface area (Å²) in [5.74, 6) is 0.244. The van der Waals surface area contributed by atoms with Gasteiger partial charge in [-0.25, -0.2) is 4.39 Å². The van der Waals surface area contributed by atoms with Crippen LogP contribution in [0.4, 0.5) is 4.39 Å². The van der Waals surface area contributed by atoms with E-state index in [1.54, 1.807) is 6.07 Å². The van der Waals surface area contributed by atoms with Crippen molar-refractivity contribution in [1.29, 1.82) is 0 Å². The molecule has 4 heterocycles. The monoisotopic (exact) mass is 574 g/mol. The average Bonchev–Trinajstić information content (AvgIpc) is 3.79. The number of rotatable bonds is 10. The van der Waals surface area contributed by atoms with Gasteiger partial charge in [-0.2, -0.15) is 5.10 Å². The molecule has 0 aliphatic carbocycles. The molecule has 43 heavy (non-hydrogen) atoms. The Hall–Kier alpha value is -4.53. The normalized spacial score (nSPS) is 13.8. The molecule has 6 aromatic rings. The summed E-state index contributed by atoms with van der Waals surface area (Å²) in [6, 6.07) is 21.6. The molecule has 0 spiro atoms. The molecule has 1 fully saturated rings. The molecule has 0 amide bonds. The lowest BCUT2D eigenvalue weighted by Crippen LogP contribution is -2.25. The quantitative estimate of drug-likeness (QED) is 0.162. The number of nitrogens with zero attached hydrogens (tertiary/aromatic N) is 3. The molecule has 218 valence electrons. The van der Waals surface area contributed by atoms with Crippen molar-refractivity contribution >= 4 is 21.8 Å². The summed E-state index contributed by atoms with van der Waals surface area (Å²) in [6.07, 6.45) is 6.28. The van der Waals surface area contributed by atoms with E-state index in [4.69, 9.17) is 4.74 Å². The van der Waals surface area contributed by atoms with Crippen LogP contribution in [0.1, 0.15) is 25.3 Å². The van der Waals surface area contributed by atoms with Gasteiger partial charge in [0.15, 0.2) is 0 Å². The standard InChI is InChI=1S/C35H35FN6O/c1-2-37-20-23-14-26(22-38-21-23)24-8-9-33-31(17-24)35(41-40-33)34-19-30-29(6-5-7-32(30)39-34)25-15-27(36)18-28(16-25)43-13-12-42-10-3-4-11-42/h5-9,14-19,21-22,37,39H,2-4,10-13,20H2,1H3,(H,40,41). The van der Waals surface area contributed by atoms with E-state index in [1.165, 1.54) is 18.9 Å². The molecule has 0 unspecified atom stereocenters. The van der Waals surface area contributed by atoms with Gasteiger partial charge in [-0.15, -0.1) is 0 Å². The van der Waals surface area contributed by atoms with Gasteiger partial charge in [0.05, 0.1) is 11.2 Å². The molecule has 3 N–H and O–H groups in total. The number of likely N-dealkylation sites (tertiary alicyclic amines) is 1. The Bertz CT molecular complexity index is 1890. The van der Waals surface area contributed by atoms with Gasteiger partial charge in [-0.1, -0.05) is 25.1 Å². The number of ether oxygens (including phenoxy) is 1. The first-order valence-corrected chi connectivity index (χ1v) is 15.1. The van der Waals surface area contributed by atoms with Gasteiger partial charge in [0.2, 0.25) is 0 Å². The summed E-state index contributed by atoms with van der Waals surface area (Å²) in [4.78, 5) is 10.4. The number of hydrogen-bond donors (Lipinski definition) is 3. The first kappa shape index (κ1) is 27.3. The Morgan fingerprint density at radius 2 is 1.81 bits per heavy atom. The van der Waals surface area contributed by atoms with Crippen molar-refractivity contribution in [2.45, 2.75) is 26.3 Å². The average molecular weight is 575 g/mol. The van der Waals surface area contributed by atoms with Crippen LogP contribution >= 0.6 is 0 Å². The molecule has 7 rings (SSSR count). The van der Waals surface area contributed by atoms with Gasteiger partial charge in [-0.05, 0) is 97.2 Å². The van der Waals surface area contributed by atoms with Crippen molar-refractivity contribution in [3.63, 3.8) is 0 Å². The van der Waals surface area contributed by atoms with E-state index < -0.39 is 0 Å². The van der Waals surface area contributed by atoms with Crippen LogP contribution in [0.5, 0.6) is 5.75 Å². The van der Waals surface area contributed by atoms with Crippen molar-refractivity contribution < 1.29 is 9.13 Å². The molecular formula is C35H35FN6O. The zero-order valence-corrected chi connectivity index (χ0v) is 24.3. The van der Waals surface area contributed by atoms with Crippen molar-refractivity contribution in [2.75, 3.05) is 32.8 Å². The zero-order valence-electron chi connectivity index (χ0n) is 24.3. The number of halogens is 1. The summed E-state index contributed by atoms with van der Waals surface area (Å²) >= 11 is 0. The molecule has 1 aliphatic rings. The lowest BCUT2D eigenvalue weighted by Gasteiger charge is -2.15. The number of benzene rings is 3. The highest BCUT2D eigenvalue weighted by molar-refractivity contribution is 6.02. The lowest BCUT2D eigenvalue weighted by molar-refractivity contribution is 0.237. The van der Waals surface area contributed by atoms with Crippen molar-refractivity contribution in [3.8, 4) is 39.4 Å². The molecule has 0 bridgehead atoms. The second-order valence-corrected chi connectivity index (χ2v) is 11.2. The van der Waals surface area contributed by atoms with Crippen molar-refractivity contribution in [1.82, 2.24) is 30.4 Å². The van der Waals surface area contributed by atoms with E-state index in [2.05, 4.69) is 67.6 Å². The Morgan fingerprint density at radius 3 is 2.70 bits per heavy atom. The summed E-state index contributed by atoms with van der Waals surface area (Å²) in [5, 5.41) is 13.2. The van der Waals surface area contributed by atoms with Gasteiger partial charge in [-0.3, -0.25) is 15.0 Å². The molecule has 0 saturated carbocycles. The fourth-order valence-corrected chi connectivity index (χ4v) is 6.05. The number of aromatic nitrogens is 4. The smallest absolute Gasteiger partial charge is 0.127 e. The molecular weight excluding hydrogens is 539 g/mol. The number of aromatic amines is 2. The van der Waals surface area contributed by atoms with Gasteiger partial charge in [0.25, 0.3) is 0 Å². The predicted molar refractivity (Wildman–Crippen MR) is 171 cm³/mol. The maximum Gasteiger partial charge on any atom is 0.127 e. The van der Waals surface area contributed by atoms with Gasteiger partial charge < -0.3 is 15.0 Å². The fraction of sp³-hybridized carbons (Fsp3) is 0.257. The molecule has 0 atom stereocenters. The molecule has 0 radical (unpaired) electrons. The lowest BCUT2D eigenvalue weighted by atomic mass is 10.0. The molecule has 7 nitrogen and oxygen atoms in total. The topological polar surface area (TPSA) is 81.9 Å². The van der Waals surface area contributed by atoms with E-state index in [1.807, 2.05) is 36.7 Å². The highest BCUT2D eigenvalue weighted by Gasteiger charge is 2.16. The Labute approximate surface area is 250 Å². The van der Waals surface area contributed by atoms with E-state index in [-0.39, 0.29) is 5.82 Å².